The first-order chi connectivity index (χ1) is 9.39. The van der Waals surface area contributed by atoms with Crippen molar-refractivity contribution in [2.45, 2.75) is 12.5 Å². The summed E-state index contributed by atoms with van der Waals surface area (Å²) in [6.45, 7) is -0.0586. The minimum Gasteiger partial charge on any atom is -0.300 e. The number of hydrogen-bond acceptors (Lipinski definition) is 3. The van der Waals surface area contributed by atoms with Gasteiger partial charge in [-0.1, -0.05) is 16.8 Å². The van der Waals surface area contributed by atoms with Gasteiger partial charge in [-0.3, -0.25) is 9.48 Å². The van der Waals surface area contributed by atoms with E-state index >= 15 is 0 Å². The van der Waals surface area contributed by atoms with E-state index in [2.05, 4.69) is 10.3 Å². The Kier molecular flexibility index (Phi) is 2.75. The largest absolute Gasteiger partial charge is 0.352 e. The first-order valence-corrected chi connectivity index (χ1v) is 6.12. The van der Waals surface area contributed by atoms with Gasteiger partial charge in [-0.2, -0.15) is 8.78 Å². The van der Waals surface area contributed by atoms with E-state index in [0.717, 1.165) is 11.0 Å². The molecule has 0 unspecified atom stereocenters. The molecule has 5 nitrogen and oxygen atoms in total. The van der Waals surface area contributed by atoms with Gasteiger partial charge in [0.2, 0.25) is 0 Å². The maximum atomic E-state index is 14.0. The van der Waals surface area contributed by atoms with E-state index in [-0.39, 0.29) is 22.8 Å². The highest BCUT2D eigenvalue weighted by Gasteiger charge is 2.52. The minimum atomic E-state index is -3.57. The lowest BCUT2D eigenvalue weighted by molar-refractivity contribution is -0.141. The molecule has 0 N–H and O–H groups in total. The molecular weight excluding hydrogens is 290 g/mol. The SMILES string of the molecule is Cn1cc(CN2C(=O)C(F)(F)c3cc(Cl)ccc32)nn1. The summed E-state index contributed by atoms with van der Waals surface area (Å²) in [5.74, 6) is -4.84. The van der Waals surface area contributed by atoms with Gasteiger partial charge < -0.3 is 4.90 Å². The summed E-state index contributed by atoms with van der Waals surface area (Å²) in [4.78, 5) is 12.9. The molecule has 0 saturated heterocycles. The molecule has 8 heteroatoms. The predicted octanol–water partition coefficient (Wildman–Crippen LogP) is 2.11. The first-order valence-electron chi connectivity index (χ1n) is 5.74. The normalized spacial score (nSPS) is 16.6. The van der Waals surface area contributed by atoms with Crippen molar-refractivity contribution in [1.82, 2.24) is 15.0 Å². The number of hydrogen-bond donors (Lipinski definition) is 0. The second-order valence-electron chi connectivity index (χ2n) is 4.51. The Labute approximate surface area is 117 Å². The number of fused-ring (bicyclic) bond motifs is 1. The zero-order valence-corrected chi connectivity index (χ0v) is 11.1. The van der Waals surface area contributed by atoms with Crippen LogP contribution in [0.25, 0.3) is 0 Å². The Morgan fingerprint density at radius 3 is 2.80 bits per heavy atom. The van der Waals surface area contributed by atoms with Crippen LogP contribution in [0.1, 0.15) is 11.3 Å². The van der Waals surface area contributed by atoms with Gasteiger partial charge in [0.25, 0.3) is 0 Å². The molecule has 1 amide bonds. The van der Waals surface area contributed by atoms with Crippen molar-refractivity contribution >= 4 is 23.2 Å². The lowest BCUT2D eigenvalue weighted by atomic mass is 10.1. The molecule has 20 heavy (non-hydrogen) atoms. The highest BCUT2D eigenvalue weighted by Crippen LogP contribution is 2.45. The number of carbonyl (C=O) groups excluding carboxylic acids is 1. The van der Waals surface area contributed by atoms with Crippen molar-refractivity contribution in [3.05, 3.63) is 40.7 Å². The van der Waals surface area contributed by atoms with Gasteiger partial charge >= 0.3 is 11.8 Å². The predicted molar refractivity (Wildman–Crippen MR) is 67.5 cm³/mol. The summed E-state index contributed by atoms with van der Waals surface area (Å²) in [6, 6.07) is 4.00. The molecule has 1 aromatic heterocycles. The molecule has 0 bridgehead atoms. The Bertz CT molecular complexity index is 701. The number of halogens is 3. The van der Waals surface area contributed by atoms with Gasteiger partial charge in [0, 0.05) is 18.3 Å². The van der Waals surface area contributed by atoms with Crippen LogP contribution >= 0.6 is 11.6 Å². The first kappa shape index (κ1) is 13.0. The molecular formula is C12H9ClF2N4O. The fraction of sp³-hybridized carbons (Fsp3) is 0.250. The summed E-state index contributed by atoms with van der Waals surface area (Å²) in [6.07, 6.45) is 1.57. The van der Waals surface area contributed by atoms with Crippen LogP contribution in [0, 0.1) is 0 Å². The standard InChI is InChI=1S/C12H9ClF2N4O/c1-18-5-8(16-17-18)6-19-10-3-2-7(13)4-9(10)12(14,15)11(19)20/h2-5H,6H2,1H3. The van der Waals surface area contributed by atoms with Gasteiger partial charge in [-0.25, -0.2) is 0 Å². The molecule has 0 fully saturated rings. The third kappa shape index (κ3) is 1.85. The molecule has 3 rings (SSSR count). The molecule has 0 radical (unpaired) electrons. The van der Waals surface area contributed by atoms with Crippen molar-refractivity contribution < 1.29 is 13.6 Å². The lowest BCUT2D eigenvalue weighted by Gasteiger charge is -2.15. The summed E-state index contributed by atoms with van der Waals surface area (Å²) in [7, 11) is 1.66. The fourth-order valence-corrected chi connectivity index (χ4v) is 2.35. The van der Waals surface area contributed by atoms with E-state index in [0.29, 0.717) is 5.69 Å². The van der Waals surface area contributed by atoms with Crippen LogP contribution in [0.15, 0.2) is 24.4 Å². The van der Waals surface area contributed by atoms with Crippen molar-refractivity contribution in [3.8, 4) is 0 Å². The van der Waals surface area contributed by atoms with Crippen LogP contribution in [0.2, 0.25) is 5.02 Å². The molecule has 1 aliphatic rings. The number of carbonyl (C=O) groups is 1. The van der Waals surface area contributed by atoms with Gasteiger partial charge in [0.15, 0.2) is 0 Å². The van der Waals surface area contributed by atoms with Crippen molar-refractivity contribution in [2.75, 3.05) is 4.90 Å². The minimum absolute atomic E-state index is 0.0586. The molecule has 1 aliphatic heterocycles. The quantitative estimate of drug-likeness (QED) is 0.853. The molecule has 2 heterocycles. The summed E-state index contributed by atoms with van der Waals surface area (Å²) >= 11 is 5.72. The van der Waals surface area contributed by atoms with E-state index < -0.39 is 11.8 Å². The van der Waals surface area contributed by atoms with E-state index in [1.807, 2.05) is 0 Å². The van der Waals surface area contributed by atoms with Crippen molar-refractivity contribution in [2.24, 2.45) is 7.05 Å². The van der Waals surface area contributed by atoms with E-state index in [4.69, 9.17) is 11.6 Å². The number of anilines is 1. The molecule has 2 aromatic rings. The van der Waals surface area contributed by atoms with Crippen LogP contribution in [-0.4, -0.2) is 20.9 Å². The lowest BCUT2D eigenvalue weighted by Crippen LogP contribution is -2.34. The smallest absolute Gasteiger partial charge is 0.300 e. The average Bonchev–Trinajstić information content (AvgIpc) is 2.87. The number of aryl methyl sites for hydroxylation is 1. The Morgan fingerprint density at radius 1 is 1.40 bits per heavy atom. The third-order valence-electron chi connectivity index (χ3n) is 3.07. The maximum Gasteiger partial charge on any atom is 0.352 e. The number of nitrogens with zero attached hydrogens (tertiary/aromatic N) is 4. The van der Waals surface area contributed by atoms with Crippen LogP contribution in [0.5, 0.6) is 0 Å². The zero-order chi connectivity index (χ0) is 14.5. The van der Waals surface area contributed by atoms with Gasteiger partial charge in [0.1, 0.15) is 5.69 Å². The van der Waals surface area contributed by atoms with Crippen molar-refractivity contribution in [1.29, 1.82) is 0 Å². The Hall–Kier alpha value is -2.02. The molecule has 0 saturated carbocycles. The van der Waals surface area contributed by atoms with Crippen LogP contribution < -0.4 is 4.90 Å². The van der Waals surface area contributed by atoms with Crippen LogP contribution in [0.4, 0.5) is 14.5 Å². The summed E-state index contributed by atoms with van der Waals surface area (Å²) in [5.41, 5.74) is 0.202. The second-order valence-corrected chi connectivity index (χ2v) is 4.95. The number of benzene rings is 1. The Balaban J connectivity index is 2.03. The summed E-state index contributed by atoms with van der Waals surface area (Å²) in [5, 5.41) is 7.67. The van der Waals surface area contributed by atoms with E-state index in [9.17, 15) is 13.6 Å². The van der Waals surface area contributed by atoms with Gasteiger partial charge in [-0.15, -0.1) is 5.10 Å². The van der Waals surface area contributed by atoms with Gasteiger partial charge in [-0.05, 0) is 18.2 Å². The van der Waals surface area contributed by atoms with Gasteiger partial charge in [0.05, 0.1) is 17.8 Å². The topological polar surface area (TPSA) is 51.0 Å². The molecule has 0 spiro atoms. The fourth-order valence-electron chi connectivity index (χ4n) is 2.18. The average molecular weight is 299 g/mol. The van der Waals surface area contributed by atoms with E-state index in [1.54, 1.807) is 13.2 Å². The van der Waals surface area contributed by atoms with Crippen LogP contribution in [-0.2, 0) is 24.3 Å². The third-order valence-corrected chi connectivity index (χ3v) is 3.31. The highest BCUT2D eigenvalue weighted by atomic mass is 35.5. The number of amides is 1. The summed E-state index contributed by atoms with van der Waals surface area (Å²) < 4.78 is 29.4. The van der Waals surface area contributed by atoms with Crippen LogP contribution in [0.3, 0.4) is 0 Å². The van der Waals surface area contributed by atoms with Crippen molar-refractivity contribution in [3.63, 3.8) is 0 Å². The Morgan fingerprint density at radius 2 is 2.15 bits per heavy atom. The molecule has 0 atom stereocenters. The number of rotatable bonds is 2. The molecule has 0 aliphatic carbocycles. The molecule has 104 valence electrons. The van der Waals surface area contributed by atoms with E-state index in [1.165, 1.54) is 16.8 Å². The highest BCUT2D eigenvalue weighted by molar-refractivity contribution is 6.31. The molecule has 1 aromatic carbocycles. The monoisotopic (exact) mass is 298 g/mol. The maximum absolute atomic E-state index is 14.0. The second kappa shape index (κ2) is 4.24. The number of alkyl halides is 2. The zero-order valence-electron chi connectivity index (χ0n) is 10.3. The number of aromatic nitrogens is 3.